The summed E-state index contributed by atoms with van der Waals surface area (Å²) < 4.78 is 10.1. The van der Waals surface area contributed by atoms with Crippen molar-refractivity contribution in [2.75, 3.05) is 32.7 Å². The van der Waals surface area contributed by atoms with Crippen LogP contribution in [0.5, 0.6) is 5.75 Å². The lowest BCUT2D eigenvalue weighted by Crippen LogP contribution is -2.27. The molecule has 1 amide bonds. The van der Waals surface area contributed by atoms with Crippen molar-refractivity contribution < 1.29 is 14.3 Å². The van der Waals surface area contributed by atoms with E-state index in [-0.39, 0.29) is 5.91 Å². The van der Waals surface area contributed by atoms with Crippen LogP contribution < -0.4 is 10.1 Å². The Morgan fingerprint density at radius 2 is 2.00 bits per heavy atom. The minimum Gasteiger partial charge on any atom is -0.497 e. The van der Waals surface area contributed by atoms with E-state index in [1.54, 1.807) is 31.4 Å². The van der Waals surface area contributed by atoms with E-state index in [1.165, 1.54) is 0 Å². The number of hydrogen-bond donors (Lipinski definition) is 1. The molecule has 0 heterocycles. The highest BCUT2D eigenvalue weighted by atomic mass is 35.5. The van der Waals surface area contributed by atoms with E-state index < -0.39 is 0 Å². The number of alkyl halides is 1. The lowest BCUT2D eigenvalue weighted by Gasteiger charge is -2.06. The number of carbonyl (C=O) groups excluding carboxylic acids is 1. The molecule has 1 N–H and O–H groups in total. The number of rotatable bonds is 7. The van der Waals surface area contributed by atoms with Gasteiger partial charge in [0.15, 0.2) is 0 Å². The molecule has 1 rings (SSSR count). The average molecular weight is 258 g/mol. The summed E-state index contributed by atoms with van der Waals surface area (Å²) in [4.78, 5) is 11.6. The zero-order chi connectivity index (χ0) is 12.5. The Morgan fingerprint density at radius 3 is 2.59 bits per heavy atom. The van der Waals surface area contributed by atoms with Crippen molar-refractivity contribution >= 4 is 17.5 Å². The topological polar surface area (TPSA) is 47.6 Å². The monoisotopic (exact) mass is 257 g/mol. The molecule has 17 heavy (non-hydrogen) atoms. The predicted octanol–water partition coefficient (Wildman–Crippen LogP) is 1.68. The van der Waals surface area contributed by atoms with E-state index in [0.717, 1.165) is 5.75 Å². The molecule has 1 aromatic carbocycles. The Balaban J connectivity index is 2.31. The second-order valence-electron chi connectivity index (χ2n) is 3.29. The fourth-order valence-electron chi connectivity index (χ4n) is 1.24. The molecule has 94 valence electrons. The minimum atomic E-state index is -0.123. The maximum atomic E-state index is 11.6. The largest absolute Gasteiger partial charge is 0.497 e. The third-order valence-electron chi connectivity index (χ3n) is 2.11. The van der Waals surface area contributed by atoms with Crippen molar-refractivity contribution in [2.24, 2.45) is 0 Å². The zero-order valence-electron chi connectivity index (χ0n) is 9.74. The number of hydrogen-bond acceptors (Lipinski definition) is 3. The van der Waals surface area contributed by atoms with E-state index in [2.05, 4.69) is 5.32 Å². The van der Waals surface area contributed by atoms with Crippen molar-refractivity contribution in [3.63, 3.8) is 0 Å². The quantitative estimate of drug-likeness (QED) is 0.597. The van der Waals surface area contributed by atoms with Crippen LogP contribution in [-0.2, 0) is 4.74 Å². The van der Waals surface area contributed by atoms with Gasteiger partial charge in [-0.1, -0.05) is 0 Å². The molecule has 0 saturated heterocycles. The van der Waals surface area contributed by atoms with Crippen LogP contribution in [0.1, 0.15) is 10.4 Å². The third-order valence-corrected chi connectivity index (χ3v) is 2.26. The van der Waals surface area contributed by atoms with Gasteiger partial charge in [-0.25, -0.2) is 0 Å². The molecule has 0 spiro atoms. The average Bonchev–Trinajstić information content (AvgIpc) is 2.38. The zero-order valence-corrected chi connectivity index (χ0v) is 10.5. The number of halogens is 1. The number of nitrogens with one attached hydrogen (secondary N) is 1. The Morgan fingerprint density at radius 1 is 1.29 bits per heavy atom. The molecule has 0 aromatic heterocycles. The van der Waals surface area contributed by atoms with Crippen LogP contribution in [-0.4, -0.2) is 38.7 Å². The molecule has 0 unspecified atom stereocenters. The Hall–Kier alpha value is -1.26. The van der Waals surface area contributed by atoms with Crippen molar-refractivity contribution in [1.29, 1.82) is 0 Å². The fraction of sp³-hybridized carbons (Fsp3) is 0.417. The molecular formula is C12H16ClNO3. The highest BCUT2D eigenvalue weighted by Crippen LogP contribution is 2.10. The second kappa shape index (κ2) is 7.92. The Bertz CT molecular complexity index is 340. The molecule has 5 heteroatoms. The Labute approximate surface area is 106 Å². The molecule has 0 radical (unpaired) electrons. The first-order valence-corrected chi connectivity index (χ1v) is 5.87. The maximum Gasteiger partial charge on any atom is 0.251 e. The van der Waals surface area contributed by atoms with Crippen LogP contribution in [0, 0.1) is 0 Å². The summed E-state index contributed by atoms with van der Waals surface area (Å²) in [5.41, 5.74) is 0.600. The van der Waals surface area contributed by atoms with Crippen LogP contribution in [0.4, 0.5) is 0 Å². The van der Waals surface area contributed by atoms with E-state index in [0.29, 0.717) is 31.2 Å². The highest BCUT2D eigenvalue weighted by Gasteiger charge is 2.04. The van der Waals surface area contributed by atoms with Crippen LogP contribution in [0.25, 0.3) is 0 Å². The Kier molecular flexibility index (Phi) is 6.43. The minimum absolute atomic E-state index is 0.123. The van der Waals surface area contributed by atoms with Gasteiger partial charge in [-0.05, 0) is 24.3 Å². The van der Waals surface area contributed by atoms with E-state index in [1.807, 2.05) is 0 Å². The molecule has 0 saturated carbocycles. The van der Waals surface area contributed by atoms with Crippen LogP contribution in [0.3, 0.4) is 0 Å². The molecule has 0 fully saturated rings. The smallest absolute Gasteiger partial charge is 0.251 e. The van der Waals surface area contributed by atoms with Crippen LogP contribution in [0.2, 0.25) is 0 Å². The summed E-state index contributed by atoms with van der Waals surface area (Å²) in [7, 11) is 1.59. The lowest BCUT2D eigenvalue weighted by molar-refractivity contribution is 0.0923. The van der Waals surface area contributed by atoms with Crippen molar-refractivity contribution in [2.45, 2.75) is 0 Å². The van der Waals surface area contributed by atoms with Crippen molar-refractivity contribution in [3.05, 3.63) is 29.8 Å². The molecule has 4 nitrogen and oxygen atoms in total. The number of ether oxygens (including phenoxy) is 2. The van der Waals surface area contributed by atoms with Crippen LogP contribution in [0.15, 0.2) is 24.3 Å². The highest BCUT2D eigenvalue weighted by molar-refractivity contribution is 6.17. The number of carbonyl (C=O) groups is 1. The number of amides is 1. The maximum absolute atomic E-state index is 11.6. The number of methoxy groups -OCH3 is 1. The molecule has 0 bridgehead atoms. The van der Waals surface area contributed by atoms with Gasteiger partial charge in [-0.15, -0.1) is 11.6 Å². The van der Waals surface area contributed by atoms with Gasteiger partial charge in [0.1, 0.15) is 5.75 Å². The molecule has 0 atom stereocenters. The van der Waals surface area contributed by atoms with Crippen molar-refractivity contribution in [3.8, 4) is 5.75 Å². The summed E-state index contributed by atoms with van der Waals surface area (Å²) in [6.07, 6.45) is 0. The van der Waals surface area contributed by atoms with Crippen LogP contribution >= 0.6 is 11.6 Å². The SMILES string of the molecule is COc1ccc(C(=O)NCCOCCCl)cc1. The third kappa shape index (κ3) is 5.06. The van der Waals surface area contributed by atoms with E-state index in [4.69, 9.17) is 21.1 Å². The van der Waals surface area contributed by atoms with E-state index in [9.17, 15) is 4.79 Å². The van der Waals surface area contributed by atoms with Gasteiger partial charge in [-0.2, -0.15) is 0 Å². The summed E-state index contributed by atoms with van der Waals surface area (Å²) in [5, 5.41) is 2.75. The molecule has 0 aliphatic carbocycles. The van der Waals surface area contributed by atoms with Gasteiger partial charge in [0, 0.05) is 18.0 Å². The molecule has 0 aliphatic rings. The van der Waals surface area contributed by atoms with Gasteiger partial charge in [0.2, 0.25) is 0 Å². The summed E-state index contributed by atoms with van der Waals surface area (Å²) in [5.74, 6) is 1.07. The normalized spacial score (nSPS) is 10.0. The van der Waals surface area contributed by atoms with Gasteiger partial charge in [-0.3, -0.25) is 4.79 Å². The van der Waals surface area contributed by atoms with Gasteiger partial charge in [0.05, 0.1) is 20.3 Å². The van der Waals surface area contributed by atoms with Gasteiger partial charge >= 0.3 is 0 Å². The summed E-state index contributed by atoms with van der Waals surface area (Å²) >= 11 is 5.44. The standard InChI is InChI=1S/C12H16ClNO3/c1-16-11-4-2-10(3-5-11)12(15)14-7-9-17-8-6-13/h2-5H,6-9H2,1H3,(H,14,15). The predicted molar refractivity (Wildman–Crippen MR) is 66.9 cm³/mol. The first-order chi connectivity index (χ1) is 8.27. The summed E-state index contributed by atoms with van der Waals surface area (Å²) in [6, 6.07) is 6.93. The molecule has 0 aliphatic heterocycles. The lowest BCUT2D eigenvalue weighted by atomic mass is 10.2. The number of benzene rings is 1. The second-order valence-corrected chi connectivity index (χ2v) is 3.66. The van der Waals surface area contributed by atoms with Gasteiger partial charge < -0.3 is 14.8 Å². The van der Waals surface area contributed by atoms with Gasteiger partial charge in [0.25, 0.3) is 5.91 Å². The first kappa shape index (κ1) is 13.8. The molecular weight excluding hydrogens is 242 g/mol. The van der Waals surface area contributed by atoms with Crippen molar-refractivity contribution in [1.82, 2.24) is 5.32 Å². The molecule has 1 aromatic rings. The summed E-state index contributed by atoms with van der Waals surface area (Å²) in [6.45, 7) is 1.44. The first-order valence-electron chi connectivity index (χ1n) is 5.34. The van der Waals surface area contributed by atoms with E-state index >= 15 is 0 Å². The fourth-order valence-corrected chi connectivity index (χ4v) is 1.35.